The first kappa shape index (κ1) is 15.9. The molecule has 0 radical (unpaired) electrons. The molecule has 1 amide bonds. The molecule has 0 spiro atoms. The highest BCUT2D eigenvalue weighted by Crippen LogP contribution is 2.24. The summed E-state index contributed by atoms with van der Waals surface area (Å²) in [5.74, 6) is -0.271. The van der Waals surface area contributed by atoms with E-state index in [1.807, 2.05) is 13.8 Å². The third-order valence-corrected chi connectivity index (χ3v) is 3.61. The van der Waals surface area contributed by atoms with E-state index in [1.165, 1.54) is 24.4 Å². The van der Waals surface area contributed by atoms with Gasteiger partial charge in [0.1, 0.15) is 11.6 Å². The average Bonchev–Trinajstić information content (AvgIpc) is 2.42. The maximum atomic E-state index is 13.0. The first-order chi connectivity index (χ1) is 9.88. The minimum Gasteiger partial charge on any atom is -0.320 e. The molecular formula is C14H12BrClFN3O. The molecule has 21 heavy (non-hydrogen) atoms. The zero-order valence-electron chi connectivity index (χ0n) is 11.3. The molecular weight excluding hydrogens is 361 g/mol. The van der Waals surface area contributed by atoms with Gasteiger partial charge in [-0.3, -0.25) is 4.79 Å². The molecule has 0 fully saturated rings. The maximum absolute atomic E-state index is 13.0. The Balaban J connectivity index is 2.30. The highest BCUT2D eigenvalue weighted by molar-refractivity contribution is 9.10. The lowest BCUT2D eigenvalue weighted by Crippen LogP contribution is -2.16. The summed E-state index contributed by atoms with van der Waals surface area (Å²) in [6, 6.07) is 3.97. The van der Waals surface area contributed by atoms with Gasteiger partial charge < -0.3 is 5.32 Å². The van der Waals surface area contributed by atoms with Crippen molar-refractivity contribution in [3.8, 4) is 0 Å². The number of carbonyl (C=O) groups is 1. The molecule has 1 aromatic carbocycles. The van der Waals surface area contributed by atoms with Gasteiger partial charge >= 0.3 is 0 Å². The van der Waals surface area contributed by atoms with E-state index in [0.29, 0.717) is 16.0 Å². The number of nitrogens with zero attached hydrogens (tertiary/aromatic N) is 2. The summed E-state index contributed by atoms with van der Waals surface area (Å²) in [4.78, 5) is 20.5. The Morgan fingerprint density at radius 1 is 1.43 bits per heavy atom. The SMILES string of the molecule is CC(C)c1ncc(Cl)c(C(=O)Nc2ccc(F)cc2Br)n1. The maximum Gasteiger partial charge on any atom is 0.275 e. The largest absolute Gasteiger partial charge is 0.320 e. The summed E-state index contributed by atoms with van der Waals surface area (Å²) in [6.07, 6.45) is 1.40. The predicted molar refractivity (Wildman–Crippen MR) is 83.2 cm³/mol. The average molecular weight is 373 g/mol. The molecule has 0 aliphatic heterocycles. The van der Waals surface area contributed by atoms with Crippen molar-refractivity contribution in [2.24, 2.45) is 0 Å². The van der Waals surface area contributed by atoms with Gasteiger partial charge in [-0.15, -0.1) is 0 Å². The third-order valence-electron chi connectivity index (χ3n) is 2.67. The highest BCUT2D eigenvalue weighted by Gasteiger charge is 2.16. The van der Waals surface area contributed by atoms with E-state index in [2.05, 4.69) is 31.2 Å². The molecule has 1 aromatic heterocycles. The normalized spacial score (nSPS) is 10.8. The fourth-order valence-corrected chi connectivity index (χ4v) is 2.22. The van der Waals surface area contributed by atoms with E-state index in [-0.39, 0.29) is 16.6 Å². The van der Waals surface area contributed by atoms with Gasteiger partial charge in [0.25, 0.3) is 5.91 Å². The minimum absolute atomic E-state index is 0.0753. The summed E-state index contributed by atoms with van der Waals surface area (Å²) in [7, 11) is 0. The van der Waals surface area contributed by atoms with Gasteiger partial charge in [-0.1, -0.05) is 25.4 Å². The number of rotatable bonds is 3. The van der Waals surface area contributed by atoms with Gasteiger partial charge in [0.15, 0.2) is 5.69 Å². The second-order valence-electron chi connectivity index (χ2n) is 4.66. The van der Waals surface area contributed by atoms with Crippen molar-refractivity contribution in [1.29, 1.82) is 0 Å². The monoisotopic (exact) mass is 371 g/mol. The number of hydrogen-bond acceptors (Lipinski definition) is 3. The lowest BCUT2D eigenvalue weighted by atomic mass is 10.2. The van der Waals surface area contributed by atoms with Crippen molar-refractivity contribution in [2.75, 3.05) is 5.32 Å². The molecule has 2 aromatic rings. The summed E-state index contributed by atoms with van der Waals surface area (Å²) < 4.78 is 13.5. The third kappa shape index (κ3) is 3.77. The smallest absolute Gasteiger partial charge is 0.275 e. The summed E-state index contributed by atoms with van der Waals surface area (Å²) in [5.41, 5.74) is 0.522. The van der Waals surface area contributed by atoms with Crippen LogP contribution in [-0.2, 0) is 0 Å². The number of halogens is 3. The molecule has 0 saturated carbocycles. The second kappa shape index (κ2) is 6.49. The Morgan fingerprint density at radius 3 is 2.76 bits per heavy atom. The Morgan fingerprint density at radius 2 is 2.14 bits per heavy atom. The summed E-state index contributed by atoms with van der Waals surface area (Å²) in [6.45, 7) is 3.84. The van der Waals surface area contributed by atoms with Crippen LogP contribution in [0.25, 0.3) is 0 Å². The summed E-state index contributed by atoms with van der Waals surface area (Å²) in [5, 5.41) is 2.80. The van der Waals surface area contributed by atoms with Crippen molar-refractivity contribution in [2.45, 2.75) is 19.8 Å². The van der Waals surface area contributed by atoms with Crippen LogP contribution < -0.4 is 5.32 Å². The first-order valence-corrected chi connectivity index (χ1v) is 7.34. The van der Waals surface area contributed by atoms with Crippen LogP contribution in [0.3, 0.4) is 0 Å². The van der Waals surface area contributed by atoms with Crippen molar-refractivity contribution < 1.29 is 9.18 Å². The van der Waals surface area contributed by atoms with Gasteiger partial charge in [0.2, 0.25) is 0 Å². The van der Waals surface area contributed by atoms with Crippen molar-refractivity contribution in [3.63, 3.8) is 0 Å². The number of amides is 1. The van der Waals surface area contributed by atoms with Crippen molar-refractivity contribution in [1.82, 2.24) is 9.97 Å². The molecule has 0 unspecified atom stereocenters. The van der Waals surface area contributed by atoms with Crippen LogP contribution in [0, 0.1) is 5.82 Å². The Hall–Kier alpha value is -1.53. The molecule has 0 saturated heterocycles. The Labute approximate surface area is 134 Å². The van der Waals surface area contributed by atoms with Crippen molar-refractivity contribution in [3.05, 3.63) is 51.2 Å². The molecule has 0 atom stereocenters. The molecule has 0 aliphatic rings. The fourth-order valence-electron chi connectivity index (χ4n) is 1.59. The zero-order valence-corrected chi connectivity index (χ0v) is 13.7. The van der Waals surface area contributed by atoms with E-state index in [0.717, 1.165) is 0 Å². The van der Waals surface area contributed by atoms with Gasteiger partial charge in [-0.2, -0.15) is 0 Å². The summed E-state index contributed by atoms with van der Waals surface area (Å²) >= 11 is 9.15. The molecule has 7 heteroatoms. The van der Waals surface area contributed by atoms with Crippen LogP contribution in [0.2, 0.25) is 5.02 Å². The molecule has 1 heterocycles. The number of anilines is 1. The molecule has 2 rings (SSSR count). The molecule has 1 N–H and O–H groups in total. The number of benzene rings is 1. The number of nitrogens with one attached hydrogen (secondary N) is 1. The first-order valence-electron chi connectivity index (χ1n) is 6.17. The zero-order chi connectivity index (χ0) is 15.6. The van der Waals surface area contributed by atoms with E-state index >= 15 is 0 Å². The van der Waals surface area contributed by atoms with Crippen LogP contribution in [0.15, 0.2) is 28.9 Å². The van der Waals surface area contributed by atoms with Crippen LogP contribution >= 0.6 is 27.5 Å². The molecule has 0 bridgehead atoms. The fraction of sp³-hybridized carbons (Fsp3) is 0.214. The number of carbonyl (C=O) groups excluding carboxylic acids is 1. The molecule has 4 nitrogen and oxygen atoms in total. The lowest BCUT2D eigenvalue weighted by Gasteiger charge is -2.10. The standard InChI is InChI=1S/C14H12BrClFN3O/c1-7(2)13-18-6-10(16)12(20-13)14(21)19-11-4-3-8(17)5-9(11)15/h3-7H,1-2H3,(H,19,21). The highest BCUT2D eigenvalue weighted by atomic mass is 79.9. The second-order valence-corrected chi connectivity index (χ2v) is 5.92. The predicted octanol–water partition coefficient (Wildman–Crippen LogP) is 4.41. The van der Waals surface area contributed by atoms with Crippen LogP contribution in [0.1, 0.15) is 36.1 Å². The van der Waals surface area contributed by atoms with Crippen molar-refractivity contribution >= 4 is 39.1 Å². The van der Waals surface area contributed by atoms with Crippen LogP contribution in [0.4, 0.5) is 10.1 Å². The topological polar surface area (TPSA) is 54.9 Å². The van der Waals surface area contributed by atoms with Gasteiger partial charge in [-0.05, 0) is 34.1 Å². The number of hydrogen-bond donors (Lipinski definition) is 1. The lowest BCUT2D eigenvalue weighted by molar-refractivity contribution is 0.102. The van der Waals surface area contributed by atoms with E-state index in [9.17, 15) is 9.18 Å². The van der Waals surface area contributed by atoms with E-state index < -0.39 is 11.7 Å². The van der Waals surface area contributed by atoms with Crippen LogP contribution in [0.5, 0.6) is 0 Å². The molecule has 110 valence electrons. The molecule has 0 aliphatic carbocycles. The Kier molecular flexibility index (Phi) is 4.90. The van der Waals surface area contributed by atoms with Gasteiger partial charge in [0.05, 0.1) is 16.9 Å². The van der Waals surface area contributed by atoms with Gasteiger partial charge in [0, 0.05) is 10.4 Å². The Bertz CT molecular complexity index is 694. The van der Waals surface area contributed by atoms with E-state index in [1.54, 1.807) is 0 Å². The minimum atomic E-state index is -0.475. The van der Waals surface area contributed by atoms with E-state index in [4.69, 9.17) is 11.6 Å². The van der Waals surface area contributed by atoms with Gasteiger partial charge in [-0.25, -0.2) is 14.4 Å². The number of aromatic nitrogens is 2. The quantitative estimate of drug-likeness (QED) is 0.868. The van der Waals surface area contributed by atoms with Crippen LogP contribution in [-0.4, -0.2) is 15.9 Å².